The van der Waals surface area contributed by atoms with Crippen molar-refractivity contribution in [2.75, 3.05) is 13.1 Å². The number of nitrogens with two attached hydrogens (primary N) is 1. The first-order valence-corrected chi connectivity index (χ1v) is 18.8. The van der Waals surface area contributed by atoms with Crippen LogP contribution in [-0.4, -0.2) is 88.4 Å². The molecular formula is C39H55N5O8. The van der Waals surface area contributed by atoms with Gasteiger partial charge < -0.3 is 30.9 Å². The topological polar surface area (TPSA) is 185 Å². The number of rotatable bonds is 14. The van der Waals surface area contributed by atoms with Gasteiger partial charge in [-0.25, -0.2) is 9.59 Å². The molecule has 2 aliphatic carbocycles. The van der Waals surface area contributed by atoms with E-state index in [1.54, 1.807) is 25.7 Å². The van der Waals surface area contributed by atoms with Crippen LogP contribution in [0, 0.1) is 29.1 Å². The summed E-state index contributed by atoms with van der Waals surface area (Å²) in [5, 5.41) is 5.57. The second-order valence-electron chi connectivity index (χ2n) is 16.6. The van der Waals surface area contributed by atoms with Crippen molar-refractivity contribution < 1.29 is 38.3 Å². The van der Waals surface area contributed by atoms with Gasteiger partial charge in [-0.3, -0.25) is 24.0 Å². The van der Waals surface area contributed by atoms with Gasteiger partial charge in [-0.05, 0) is 54.1 Å². The standard InChI is InChI=1S/C39H55N5O8/c1-22(2)31(32(46)25-13-14-25)41-37(50)42-34(39(3,4)5)36(49)44-21-28(52-38(51)43-16-15-24-11-6-7-12-26(24)20-43)19-29(44)30(45)18-27(33(47)35(40)48)17-23-9-8-10-23/h6-7,11-12,22-23,25,27-29,31,34H,8-10,13-21H2,1-5H3,(H2,40,48)(H2,41,42,50)/t27?,28-,29+,31+,34-/m1/s1. The third-order valence-corrected chi connectivity index (χ3v) is 11.1. The Morgan fingerprint density at radius 2 is 1.63 bits per heavy atom. The number of ether oxygens (including phenoxy) is 1. The molecule has 0 spiro atoms. The van der Waals surface area contributed by atoms with E-state index in [0.717, 1.165) is 43.2 Å². The van der Waals surface area contributed by atoms with Gasteiger partial charge >= 0.3 is 12.1 Å². The fourth-order valence-electron chi connectivity index (χ4n) is 7.61. The lowest BCUT2D eigenvalue weighted by Gasteiger charge is -2.36. The lowest BCUT2D eigenvalue weighted by molar-refractivity contribution is -0.143. The number of carbonyl (C=O) groups is 7. The van der Waals surface area contributed by atoms with Crippen LogP contribution < -0.4 is 16.4 Å². The van der Waals surface area contributed by atoms with Gasteiger partial charge in [0.05, 0.1) is 18.6 Å². The number of likely N-dealkylation sites (tertiary alicyclic amines) is 1. The van der Waals surface area contributed by atoms with Gasteiger partial charge in [-0.15, -0.1) is 0 Å². The molecule has 284 valence electrons. The Bertz CT molecular complexity index is 1560. The molecule has 13 nitrogen and oxygen atoms in total. The van der Waals surface area contributed by atoms with Crippen molar-refractivity contribution in [3.63, 3.8) is 0 Å². The summed E-state index contributed by atoms with van der Waals surface area (Å²) in [6.07, 6.45) is 3.73. The zero-order valence-corrected chi connectivity index (χ0v) is 31.2. The maximum Gasteiger partial charge on any atom is 0.410 e. The molecule has 1 unspecified atom stereocenters. The Balaban J connectivity index is 1.35. The first kappa shape index (κ1) is 38.9. The molecule has 2 saturated carbocycles. The van der Waals surface area contributed by atoms with Crippen LogP contribution in [0.1, 0.15) is 97.1 Å². The molecule has 5 rings (SSSR count). The minimum Gasteiger partial charge on any atom is -0.444 e. The van der Waals surface area contributed by atoms with Gasteiger partial charge in [-0.1, -0.05) is 78.1 Å². The third-order valence-electron chi connectivity index (χ3n) is 11.1. The largest absolute Gasteiger partial charge is 0.444 e. The second kappa shape index (κ2) is 16.2. The highest BCUT2D eigenvalue weighted by molar-refractivity contribution is 6.36. The Kier molecular flexibility index (Phi) is 12.1. The van der Waals surface area contributed by atoms with Gasteiger partial charge in [0.15, 0.2) is 11.6 Å². The van der Waals surface area contributed by atoms with Crippen molar-refractivity contribution in [1.82, 2.24) is 20.4 Å². The number of benzene rings is 1. The maximum absolute atomic E-state index is 14.5. The summed E-state index contributed by atoms with van der Waals surface area (Å²) in [4.78, 5) is 96.3. The van der Waals surface area contributed by atoms with Crippen LogP contribution in [0.25, 0.3) is 0 Å². The van der Waals surface area contributed by atoms with Gasteiger partial charge in [0, 0.05) is 37.8 Å². The summed E-state index contributed by atoms with van der Waals surface area (Å²) in [5.74, 6) is -3.88. The van der Waals surface area contributed by atoms with Crippen LogP contribution in [-0.2, 0) is 41.7 Å². The Labute approximate surface area is 306 Å². The second-order valence-corrected chi connectivity index (χ2v) is 16.6. The fourth-order valence-corrected chi connectivity index (χ4v) is 7.61. The number of Topliss-reactive ketones (excluding diaryl/α,β-unsaturated/α-hetero) is 3. The lowest BCUT2D eigenvalue weighted by Crippen LogP contribution is -2.60. The van der Waals surface area contributed by atoms with E-state index in [0.29, 0.717) is 25.9 Å². The van der Waals surface area contributed by atoms with E-state index in [2.05, 4.69) is 10.6 Å². The molecule has 13 heteroatoms. The van der Waals surface area contributed by atoms with Gasteiger partial charge in [0.1, 0.15) is 12.1 Å². The van der Waals surface area contributed by atoms with Crippen molar-refractivity contribution in [3.8, 4) is 0 Å². The molecule has 0 radical (unpaired) electrons. The first-order valence-electron chi connectivity index (χ1n) is 18.8. The van der Waals surface area contributed by atoms with Crippen LogP contribution in [0.3, 0.4) is 0 Å². The molecule has 0 aromatic heterocycles. The molecule has 4 N–H and O–H groups in total. The van der Waals surface area contributed by atoms with Gasteiger partial charge in [0.25, 0.3) is 5.91 Å². The van der Waals surface area contributed by atoms with Gasteiger partial charge in [-0.2, -0.15) is 0 Å². The molecule has 1 aromatic rings. The smallest absolute Gasteiger partial charge is 0.410 e. The number of amides is 5. The number of carbonyl (C=O) groups excluding carboxylic acids is 7. The number of urea groups is 1. The zero-order valence-electron chi connectivity index (χ0n) is 31.2. The number of hydrogen-bond donors (Lipinski definition) is 3. The van der Waals surface area contributed by atoms with Crippen LogP contribution in [0.4, 0.5) is 9.59 Å². The molecule has 1 saturated heterocycles. The maximum atomic E-state index is 14.5. The quantitative estimate of drug-likeness (QED) is 0.243. The highest BCUT2D eigenvalue weighted by atomic mass is 16.6. The predicted octanol–water partition coefficient (Wildman–Crippen LogP) is 3.69. The van der Waals surface area contributed by atoms with E-state index in [1.807, 2.05) is 38.1 Å². The monoisotopic (exact) mass is 721 g/mol. The third kappa shape index (κ3) is 9.38. The summed E-state index contributed by atoms with van der Waals surface area (Å²) < 4.78 is 5.95. The van der Waals surface area contributed by atoms with Crippen molar-refractivity contribution in [2.24, 2.45) is 34.8 Å². The number of fused-ring (bicyclic) bond motifs is 1. The molecular weight excluding hydrogens is 666 g/mol. The summed E-state index contributed by atoms with van der Waals surface area (Å²) in [6.45, 7) is 9.77. The molecule has 2 aliphatic heterocycles. The molecule has 1 aromatic carbocycles. The summed E-state index contributed by atoms with van der Waals surface area (Å²) in [5.41, 5.74) is 6.74. The Morgan fingerprint density at radius 1 is 0.962 bits per heavy atom. The minimum atomic E-state index is -1.13. The molecule has 0 bridgehead atoms. The Morgan fingerprint density at radius 3 is 2.21 bits per heavy atom. The number of ketones is 3. The minimum absolute atomic E-state index is 0.00394. The number of hydrogen-bond acceptors (Lipinski definition) is 8. The van der Waals surface area contributed by atoms with Gasteiger partial charge in [0.2, 0.25) is 11.7 Å². The molecule has 3 fully saturated rings. The molecule has 2 heterocycles. The van der Waals surface area contributed by atoms with Crippen LogP contribution in [0.5, 0.6) is 0 Å². The predicted molar refractivity (Wildman–Crippen MR) is 191 cm³/mol. The number of nitrogens with one attached hydrogen (secondary N) is 2. The van der Waals surface area contributed by atoms with Crippen molar-refractivity contribution in [1.29, 1.82) is 0 Å². The zero-order chi connectivity index (χ0) is 37.9. The molecule has 5 amide bonds. The van der Waals surface area contributed by atoms with E-state index in [1.165, 1.54) is 4.90 Å². The van der Waals surface area contributed by atoms with E-state index in [4.69, 9.17) is 10.5 Å². The van der Waals surface area contributed by atoms with Crippen molar-refractivity contribution in [3.05, 3.63) is 35.4 Å². The highest BCUT2D eigenvalue weighted by Crippen LogP contribution is 2.36. The average Bonchev–Trinajstić information content (AvgIpc) is 3.84. The van der Waals surface area contributed by atoms with E-state index in [-0.39, 0.29) is 42.9 Å². The van der Waals surface area contributed by atoms with Crippen LogP contribution >= 0.6 is 0 Å². The average molecular weight is 722 g/mol. The lowest BCUT2D eigenvalue weighted by atomic mass is 9.76. The normalized spacial score (nSPS) is 22.0. The SMILES string of the molecule is CC(C)[C@H](NC(=O)N[C@H](C(=O)N1C[C@H](OC(=O)N2CCc3ccccc3C2)C[C@H]1C(=O)CC(CC1CCC1)C(=O)C(N)=O)C(C)(C)C)C(=O)C1CC1. The summed E-state index contributed by atoms with van der Waals surface area (Å²) in [7, 11) is 0. The fraction of sp³-hybridized carbons (Fsp3) is 0.667. The van der Waals surface area contributed by atoms with Crippen molar-refractivity contribution in [2.45, 2.75) is 123 Å². The molecule has 5 atom stereocenters. The summed E-state index contributed by atoms with van der Waals surface area (Å²) in [6, 6.07) is 4.28. The van der Waals surface area contributed by atoms with Crippen LogP contribution in [0.2, 0.25) is 0 Å². The van der Waals surface area contributed by atoms with Crippen LogP contribution in [0.15, 0.2) is 24.3 Å². The molecule has 52 heavy (non-hydrogen) atoms. The Hall–Kier alpha value is -4.29. The number of nitrogens with zero attached hydrogens (tertiary/aromatic N) is 2. The summed E-state index contributed by atoms with van der Waals surface area (Å²) >= 11 is 0. The van der Waals surface area contributed by atoms with E-state index >= 15 is 0 Å². The number of primary amides is 1. The van der Waals surface area contributed by atoms with E-state index in [9.17, 15) is 33.6 Å². The highest BCUT2D eigenvalue weighted by Gasteiger charge is 2.47. The van der Waals surface area contributed by atoms with E-state index < -0.39 is 71.1 Å². The first-order chi connectivity index (χ1) is 24.5. The molecule has 4 aliphatic rings. The van der Waals surface area contributed by atoms with Crippen molar-refractivity contribution >= 4 is 41.3 Å².